The number of hydrogen-bond acceptors (Lipinski definition) is 5. The van der Waals surface area contributed by atoms with Crippen LogP contribution in [0.2, 0.25) is 0 Å². The van der Waals surface area contributed by atoms with E-state index < -0.39 is 46.4 Å². The highest BCUT2D eigenvalue weighted by atomic mass is 19.4. The highest BCUT2D eigenvalue weighted by molar-refractivity contribution is 6.09. The van der Waals surface area contributed by atoms with E-state index in [1.807, 2.05) is 0 Å². The zero-order valence-electron chi connectivity index (χ0n) is 16.5. The molecule has 0 atom stereocenters. The van der Waals surface area contributed by atoms with Gasteiger partial charge in [-0.2, -0.15) is 26.3 Å². The first-order chi connectivity index (χ1) is 15.4. The van der Waals surface area contributed by atoms with Crippen molar-refractivity contribution in [2.45, 2.75) is 24.8 Å². The predicted octanol–water partition coefficient (Wildman–Crippen LogP) is 3.42. The van der Waals surface area contributed by atoms with Gasteiger partial charge in [0.05, 0.1) is 5.69 Å². The van der Waals surface area contributed by atoms with Crippen molar-refractivity contribution in [3.8, 4) is 5.69 Å². The maximum atomic E-state index is 14.2. The molecule has 172 valence electrons. The summed E-state index contributed by atoms with van der Waals surface area (Å²) in [6.45, 7) is 1.69. The molecule has 0 aliphatic carbocycles. The number of rotatable bonds is 2. The lowest BCUT2D eigenvalue weighted by Crippen LogP contribution is -2.59. The van der Waals surface area contributed by atoms with Crippen molar-refractivity contribution in [2.24, 2.45) is 4.99 Å². The van der Waals surface area contributed by atoms with E-state index in [0.29, 0.717) is 4.57 Å². The van der Waals surface area contributed by atoms with Crippen molar-refractivity contribution in [2.75, 3.05) is 5.32 Å². The molecule has 13 heteroatoms. The number of nitrogens with one attached hydrogen (secondary N) is 2. The third-order valence-corrected chi connectivity index (χ3v) is 5.06. The minimum Gasteiger partial charge on any atom is -0.325 e. The molecule has 0 saturated heterocycles. The zero-order valence-corrected chi connectivity index (χ0v) is 16.5. The molecule has 1 aliphatic heterocycles. The number of pyridine rings is 1. The highest BCUT2D eigenvalue weighted by Crippen LogP contribution is 2.55. The molecule has 0 unspecified atom stereocenters. The number of hydrogen-bond donors (Lipinski definition) is 2. The van der Waals surface area contributed by atoms with Gasteiger partial charge in [0.1, 0.15) is 17.2 Å². The lowest BCUT2D eigenvalue weighted by Gasteiger charge is -2.38. The van der Waals surface area contributed by atoms with Crippen LogP contribution in [0.1, 0.15) is 16.7 Å². The van der Waals surface area contributed by atoms with E-state index in [1.54, 1.807) is 11.9 Å². The Morgan fingerprint density at radius 3 is 2.03 bits per heavy atom. The number of nitrogens with zero attached hydrogens (tertiary/aromatic N) is 3. The van der Waals surface area contributed by atoms with E-state index in [0.717, 1.165) is 30.1 Å². The molecule has 3 aromatic rings. The van der Waals surface area contributed by atoms with Gasteiger partial charge in [-0.3, -0.25) is 14.8 Å². The van der Waals surface area contributed by atoms with Crippen LogP contribution in [0.5, 0.6) is 0 Å². The van der Waals surface area contributed by atoms with Crippen LogP contribution < -0.4 is 16.6 Å². The van der Waals surface area contributed by atoms with Gasteiger partial charge in [-0.05, 0) is 31.2 Å². The third kappa shape index (κ3) is 3.39. The van der Waals surface area contributed by atoms with Crippen molar-refractivity contribution < 1.29 is 26.3 Å². The fourth-order valence-electron chi connectivity index (χ4n) is 3.51. The number of amidine groups is 1. The summed E-state index contributed by atoms with van der Waals surface area (Å²) in [5.41, 5.74) is -9.34. The molecule has 3 heterocycles. The molecule has 0 amide bonds. The Labute approximate surface area is 180 Å². The van der Waals surface area contributed by atoms with Crippen LogP contribution in [0.15, 0.2) is 63.4 Å². The van der Waals surface area contributed by atoms with Gasteiger partial charge < -0.3 is 5.32 Å². The van der Waals surface area contributed by atoms with Crippen molar-refractivity contribution in [3.63, 3.8) is 0 Å². The maximum absolute atomic E-state index is 14.2. The predicted molar refractivity (Wildman–Crippen MR) is 106 cm³/mol. The SMILES string of the molecule is Cc1ccc(-n2c3c(c(=O)[nH]c2=O)C(C(F)(F)F)(C(F)(F)F)N=C(c2ccncc2)N3)cc1. The molecule has 0 radical (unpaired) electrons. The van der Waals surface area contributed by atoms with Gasteiger partial charge in [0.25, 0.3) is 11.1 Å². The molecule has 4 rings (SSSR count). The Balaban J connectivity index is 2.18. The number of halogens is 6. The van der Waals surface area contributed by atoms with E-state index >= 15 is 0 Å². The summed E-state index contributed by atoms with van der Waals surface area (Å²) in [6, 6.07) is 7.91. The first-order valence-electron chi connectivity index (χ1n) is 9.24. The molecule has 2 aromatic heterocycles. The van der Waals surface area contributed by atoms with Gasteiger partial charge in [-0.25, -0.2) is 14.4 Å². The number of fused-ring (bicyclic) bond motifs is 1. The summed E-state index contributed by atoms with van der Waals surface area (Å²) >= 11 is 0. The highest BCUT2D eigenvalue weighted by Gasteiger charge is 2.75. The summed E-state index contributed by atoms with van der Waals surface area (Å²) in [5.74, 6) is -1.84. The first-order valence-corrected chi connectivity index (χ1v) is 9.24. The number of aromatic amines is 1. The second kappa shape index (κ2) is 7.32. The molecular formula is C20H13F6N5O2. The number of H-pyrrole nitrogens is 1. The number of aryl methyl sites for hydroxylation is 1. The van der Waals surface area contributed by atoms with Crippen LogP contribution in [0, 0.1) is 6.92 Å². The average molecular weight is 469 g/mol. The van der Waals surface area contributed by atoms with Crippen LogP contribution in [0.4, 0.5) is 32.2 Å². The molecule has 0 spiro atoms. The van der Waals surface area contributed by atoms with E-state index in [4.69, 9.17) is 0 Å². The third-order valence-electron chi connectivity index (χ3n) is 5.06. The van der Waals surface area contributed by atoms with Gasteiger partial charge in [-0.15, -0.1) is 0 Å². The van der Waals surface area contributed by atoms with Gasteiger partial charge in [0.2, 0.25) is 0 Å². The monoisotopic (exact) mass is 469 g/mol. The quantitative estimate of drug-likeness (QED) is 0.563. The van der Waals surface area contributed by atoms with Gasteiger partial charge >= 0.3 is 18.0 Å². The van der Waals surface area contributed by atoms with Crippen LogP contribution in [0.25, 0.3) is 5.69 Å². The number of aliphatic imine (C=N–C) groups is 1. The molecule has 7 nitrogen and oxygen atoms in total. The largest absolute Gasteiger partial charge is 0.427 e. The number of aromatic nitrogens is 3. The van der Waals surface area contributed by atoms with Crippen LogP contribution >= 0.6 is 0 Å². The van der Waals surface area contributed by atoms with E-state index in [9.17, 15) is 35.9 Å². The summed E-state index contributed by atoms with van der Waals surface area (Å²) in [6.07, 6.45) is -9.88. The second-order valence-electron chi connectivity index (χ2n) is 7.18. The van der Waals surface area contributed by atoms with Crippen molar-refractivity contribution in [1.29, 1.82) is 0 Å². The van der Waals surface area contributed by atoms with Crippen LogP contribution in [0.3, 0.4) is 0 Å². The number of benzene rings is 1. The molecule has 0 bridgehead atoms. The number of alkyl halides is 6. The Morgan fingerprint density at radius 2 is 1.48 bits per heavy atom. The second-order valence-corrected chi connectivity index (χ2v) is 7.18. The average Bonchev–Trinajstić information content (AvgIpc) is 2.73. The normalized spacial score (nSPS) is 15.4. The lowest BCUT2D eigenvalue weighted by atomic mass is 9.87. The van der Waals surface area contributed by atoms with Gasteiger partial charge in [-0.1, -0.05) is 17.7 Å². The van der Waals surface area contributed by atoms with Crippen LogP contribution in [-0.2, 0) is 5.54 Å². The summed E-state index contributed by atoms with van der Waals surface area (Å²) < 4.78 is 85.9. The molecular weight excluding hydrogens is 456 g/mol. The first kappa shape index (κ1) is 22.3. The van der Waals surface area contributed by atoms with E-state index in [-0.39, 0.29) is 11.3 Å². The standard InChI is InChI=1S/C20H13F6N5O2/c1-10-2-4-12(5-3-10)31-15-13(16(32)29-17(31)33)18(19(21,22)23,20(24,25)26)30-14(28-15)11-6-8-27-9-7-11/h2-9H,1H3,(H,28,30)(H,29,32,33). The smallest absolute Gasteiger partial charge is 0.325 e. The summed E-state index contributed by atoms with van der Waals surface area (Å²) in [5, 5.41) is 2.34. The fourth-order valence-corrected chi connectivity index (χ4v) is 3.51. The van der Waals surface area contributed by atoms with Crippen molar-refractivity contribution in [1.82, 2.24) is 14.5 Å². The molecule has 1 aromatic carbocycles. The lowest BCUT2D eigenvalue weighted by molar-refractivity contribution is -0.301. The Morgan fingerprint density at radius 1 is 0.909 bits per heavy atom. The van der Waals surface area contributed by atoms with Gasteiger partial charge in [0, 0.05) is 18.0 Å². The summed E-state index contributed by atoms with van der Waals surface area (Å²) in [7, 11) is 0. The molecule has 0 saturated carbocycles. The molecule has 33 heavy (non-hydrogen) atoms. The fraction of sp³-hybridized carbons (Fsp3) is 0.200. The summed E-state index contributed by atoms with van der Waals surface area (Å²) in [4.78, 5) is 33.3. The maximum Gasteiger partial charge on any atom is 0.427 e. The Bertz CT molecular complexity index is 1340. The minimum absolute atomic E-state index is 0.0696. The van der Waals surface area contributed by atoms with Crippen LogP contribution in [-0.4, -0.2) is 32.7 Å². The topological polar surface area (TPSA) is 92.1 Å². The molecule has 0 fully saturated rings. The van der Waals surface area contributed by atoms with Crippen molar-refractivity contribution >= 4 is 11.7 Å². The zero-order chi connectivity index (χ0) is 24.2. The molecule has 1 aliphatic rings. The van der Waals surface area contributed by atoms with Crippen molar-refractivity contribution in [3.05, 3.63) is 86.3 Å². The Hall–Kier alpha value is -3.90. The van der Waals surface area contributed by atoms with E-state index in [2.05, 4.69) is 15.3 Å². The van der Waals surface area contributed by atoms with E-state index in [1.165, 1.54) is 24.3 Å². The minimum atomic E-state index is -6.08. The van der Waals surface area contributed by atoms with Gasteiger partial charge in [0.15, 0.2) is 0 Å². The molecule has 2 N–H and O–H groups in total. The number of anilines is 1. The Kier molecular flexibility index (Phi) is 4.95.